The van der Waals surface area contributed by atoms with E-state index in [0.29, 0.717) is 0 Å². The fourth-order valence-electron chi connectivity index (χ4n) is 1.97. The molecule has 96 valence electrons. The molecule has 0 unspecified atom stereocenters. The molecule has 18 heavy (non-hydrogen) atoms. The number of methoxy groups -OCH3 is 2. The van der Waals surface area contributed by atoms with Gasteiger partial charge in [0.25, 0.3) is 0 Å². The zero-order chi connectivity index (χ0) is 13.3. The van der Waals surface area contributed by atoms with E-state index >= 15 is 0 Å². The SMILES string of the molecule is COc1cc(-c2nc(C)cs2)c(OC)c(C)c1C. The summed E-state index contributed by atoms with van der Waals surface area (Å²) in [5.41, 5.74) is 4.22. The summed E-state index contributed by atoms with van der Waals surface area (Å²) in [5, 5.41) is 3.00. The quantitative estimate of drug-likeness (QED) is 0.845. The number of thiazole rings is 1. The molecule has 0 aliphatic rings. The van der Waals surface area contributed by atoms with Crippen molar-refractivity contribution in [2.45, 2.75) is 20.8 Å². The van der Waals surface area contributed by atoms with Crippen molar-refractivity contribution in [2.24, 2.45) is 0 Å². The molecule has 0 spiro atoms. The lowest BCUT2D eigenvalue weighted by atomic mass is 10.0. The maximum absolute atomic E-state index is 5.53. The van der Waals surface area contributed by atoms with Gasteiger partial charge in [0, 0.05) is 11.1 Å². The van der Waals surface area contributed by atoms with Gasteiger partial charge in [0.2, 0.25) is 0 Å². The topological polar surface area (TPSA) is 31.4 Å². The maximum atomic E-state index is 5.53. The second kappa shape index (κ2) is 4.98. The van der Waals surface area contributed by atoms with Crippen molar-refractivity contribution >= 4 is 11.3 Å². The van der Waals surface area contributed by atoms with Gasteiger partial charge in [0.1, 0.15) is 16.5 Å². The van der Waals surface area contributed by atoms with Crippen LogP contribution in [0.3, 0.4) is 0 Å². The van der Waals surface area contributed by atoms with Gasteiger partial charge in [-0.05, 0) is 38.0 Å². The first-order chi connectivity index (χ1) is 8.58. The van der Waals surface area contributed by atoms with Crippen LogP contribution in [0.5, 0.6) is 11.5 Å². The van der Waals surface area contributed by atoms with E-state index < -0.39 is 0 Å². The average Bonchev–Trinajstić information content (AvgIpc) is 2.79. The monoisotopic (exact) mass is 263 g/mol. The van der Waals surface area contributed by atoms with Gasteiger partial charge >= 0.3 is 0 Å². The molecular weight excluding hydrogens is 246 g/mol. The van der Waals surface area contributed by atoms with E-state index in [1.54, 1.807) is 25.6 Å². The van der Waals surface area contributed by atoms with Crippen molar-refractivity contribution in [3.8, 4) is 22.1 Å². The Morgan fingerprint density at radius 3 is 2.28 bits per heavy atom. The standard InChI is InChI=1S/C14H17NO2S/c1-8-7-18-14(15-8)11-6-12(16-4)9(2)10(3)13(11)17-5/h6-7H,1-5H3. The van der Waals surface area contributed by atoms with Crippen molar-refractivity contribution in [3.63, 3.8) is 0 Å². The van der Waals surface area contributed by atoms with Gasteiger partial charge < -0.3 is 9.47 Å². The first-order valence-electron chi connectivity index (χ1n) is 5.73. The third-order valence-corrected chi connectivity index (χ3v) is 4.06. The summed E-state index contributed by atoms with van der Waals surface area (Å²) >= 11 is 1.62. The van der Waals surface area contributed by atoms with Gasteiger partial charge in [-0.25, -0.2) is 4.98 Å². The zero-order valence-corrected chi connectivity index (χ0v) is 12.1. The van der Waals surface area contributed by atoms with E-state index in [9.17, 15) is 0 Å². The van der Waals surface area contributed by atoms with E-state index in [2.05, 4.69) is 4.98 Å². The minimum absolute atomic E-state index is 0.871. The maximum Gasteiger partial charge on any atom is 0.132 e. The van der Waals surface area contributed by atoms with Crippen molar-refractivity contribution in [1.29, 1.82) is 0 Å². The van der Waals surface area contributed by atoms with Gasteiger partial charge in [0.15, 0.2) is 0 Å². The Morgan fingerprint density at radius 2 is 1.78 bits per heavy atom. The van der Waals surface area contributed by atoms with Crippen molar-refractivity contribution in [3.05, 3.63) is 28.3 Å². The Labute approximate surface area is 111 Å². The molecule has 0 amide bonds. The van der Waals surface area contributed by atoms with Gasteiger partial charge in [-0.3, -0.25) is 0 Å². The van der Waals surface area contributed by atoms with Gasteiger partial charge in [-0.2, -0.15) is 0 Å². The predicted molar refractivity (Wildman–Crippen MR) is 74.9 cm³/mol. The Hall–Kier alpha value is -1.55. The molecule has 2 rings (SSSR count). The number of hydrogen-bond acceptors (Lipinski definition) is 4. The van der Waals surface area contributed by atoms with E-state index in [1.165, 1.54) is 0 Å². The summed E-state index contributed by atoms with van der Waals surface area (Å²) in [6.07, 6.45) is 0. The lowest BCUT2D eigenvalue weighted by Gasteiger charge is -2.15. The van der Waals surface area contributed by atoms with Crippen LogP contribution in [-0.4, -0.2) is 19.2 Å². The first kappa shape index (κ1) is 12.9. The van der Waals surface area contributed by atoms with E-state index in [4.69, 9.17) is 9.47 Å². The number of benzene rings is 1. The van der Waals surface area contributed by atoms with Crippen LogP contribution in [-0.2, 0) is 0 Å². The molecule has 1 aromatic heterocycles. The lowest BCUT2D eigenvalue weighted by Crippen LogP contribution is -1.97. The highest BCUT2D eigenvalue weighted by Crippen LogP contribution is 2.40. The molecule has 0 atom stereocenters. The van der Waals surface area contributed by atoms with Crippen LogP contribution in [0, 0.1) is 20.8 Å². The Bertz CT molecular complexity index is 575. The molecule has 1 aromatic carbocycles. The highest BCUT2D eigenvalue weighted by Gasteiger charge is 2.17. The number of aromatic nitrogens is 1. The second-order valence-electron chi connectivity index (χ2n) is 4.20. The smallest absolute Gasteiger partial charge is 0.132 e. The molecular formula is C14H17NO2S. The minimum atomic E-state index is 0.871. The zero-order valence-electron chi connectivity index (χ0n) is 11.3. The molecule has 0 saturated heterocycles. The van der Waals surface area contributed by atoms with Crippen LogP contribution < -0.4 is 9.47 Å². The molecule has 0 aliphatic carbocycles. The van der Waals surface area contributed by atoms with E-state index in [1.807, 2.05) is 32.2 Å². The fraction of sp³-hybridized carbons (Fsp3) is 0.357. The predicted octanol–water partition coefficient (Wildman–Crippen LogP) is 3.75. The van der Waals surface area contributed by atoms with Gasteiger partial charge in [-0.15, -0.1) is 11.3 Å². The molecule has 2 aromatic rings. The second-order valence-corrected chi connectivity index (χ2v) is 5.06. The molecule has 4 heteroatoms. The number of hydrogen-bond donors (Lipinski definition) is 0. The third kappa shape index (κ3) is 2.08. The van der Waals surface area contributed by atoms with Crippen molar-refractivity contribution < 1.29 is 9.47 Å². The Kier molecular flexibility index (Phi) is 3.57. The molecule has 1 heterocycles. The molecule has 0 bridgehead atoms. The van der Waals surface area contributed by atoms with Crippen LogP contribution in [0.1, 0.15) is 16.8 Å². The Balaban J connectivity index is 2.69. The summed E-state index contributed by atoms with van der Waals surface area (Å²) in [6, 6.07) is 2.00. The lowest BCUT2D eigenvalue weighted by molar-refractivity contribution is 0.399. The molecule has 0 aliphatic heterocycles. The summed E-state index contributed by atoms with van der Waals surface area (Å²) in [6.45, 7) is 6.07. The molecule has 0 fully saturated rings. The molecule has 0 radical (unpaired) electrons. The number of rotatable bonds is 3. The highest BCUT2D eigenvalue weighted by atomic mass is 32.1. The molecule has 0 N–H and O–H groups in total. The van der Waals surface area contributed by atoms with Gasteiger partial charge in [-0.1, -0.05) is 0 Å². The summed E-state index contributed by atoms with van der Waals surface area (Å²) in [4.78, 5) is 4.52. The molecule has 3 nitrogen and oxygen atoms in total. The van der Waals surface area contributed by atoms with Crippen molar-refractivity contribution in [2.75, 3.05) is 14.2 Å². The molecule has 0 saturated carbocycles. The van der Waals surface area contributed by atoms with Crippen LogP contribution in [0.4, 0.5) is 0 Å². The highest BCUT2D eigenvalue weighted by molar-refractivity contribution is 7.13. The fourth-order valence-corrected chi connectivity index (χ4v) is 2.78. The van der Waals surface area contributed by atoms with E-state index in [-0.39, 0.29) is 0 Å². The number of aryl methyl sites for hydroxylation is 1. The van der Waals surface area contributed by atoms with Crippen LogP contribution in [0.15, 0.2) is 11.4 Å². The first-order valence-corrected chi connectivity index (χ1v) is 6.61. The van der Waals surface area contributed by atoms with Crippen molar-refractivity contribution in [1.82, 2.24) is 4.98 Å². The van der Waals surface area contributed by atoms with Crippen LogP contribution in [0.25, 0.3) is 10.6 Å². The summed E-state index contributed by atoms with van der Waals surface area (Å²) < 4.78 is 10.9. The minimum Gasteiger partial charge on any atom is -0.496 e. The average molecular weight is 263 g/mol. The number of nitrogens with zero attached hydrogens (tertiary/aromatic N) is 1. The summed E-state index contributed by atoms with van der Waals surface area (Å²) in [7, 11) is 3.38. The van der Waals surface area contributed by atoms with E-state index in [0.717, 1.165) is 38.9 Å². The summed E-state index contributed by atoms with van der Waals surface area (Å²) in [5.74, 6) is 1.75. The third-order valence-electron chi connectivity index (χ3n) is 3.07. The normalized spacial score (nSPS) is 10.5. The van der Waals surface area contributed by atoms with Crippen LogP contribution in [0.2, 0.25) is 0 Å². The van der Waals surface area contributed by atoms with Crippen LogP contribution >= 0.6 is 11.3 Å². The van der Waals surface area contributed by atoms with Gasteiger partial charge in [0.05, 0.1) is 19.8 Å². The number of ether oxygens (including phenoxy) is 2. The Morgan fingerprint density at radius 1 is 1.06 bits per heavy atom. The largest absolute Gasteiger partial charge is 0.496 e.